The Kier molecular flexibility index (Phi) is 4.64. The molecule has 0 heterocycles. The molecular weight excluding hydrogens is 227 g/mol. The molecule has 0 bridgehead atoms. The van der Waals surface area contributed by atoms with E-state index in [0.29, 0.717) is 11.7 Å². The van der Waals surface area contributed by atoms with Crippen LogP contribution in [-0.2, 0) is 9.22 Å². The first kappa shape index (κ1) is 15.0. The first-order valence-corrected chi connectivity index (χ1v) is 9.76. The molecule has 98 valence electrons. The minimum atomic E-state index is -1.65. The molecule has 0 aromatic heterocycles. The molecule has 1 saturated carbocycles. The van der Waals surface area contributed by atoms with Crippen molar-refractivity contribution in [1.82, 2.24) is 0 Å². The van der Waals surface area contributed by atoms with Crippen LogP contribution in [0.15, 0.2) is 0 Å². The fraction of sp³-hybridized carbons (Fsp3) is 0.923. The molecule has 0 aromatic rings. The second-order valence-corrected chi connectivity index (χ2v) is 11.7. The van der Waals surface area contributed by atoms with Crippen LogP contribution in [0.1, 0.15) is 33.6 Å². The third-order valence-electron chi connectivity index (χ3n) is 4.65. The Bertz CT molecular complexity index is 284. The maximum atomic E-state index is 11.7. The standard InChI is InChI=1S/C13H27BO2Si/c1-13(2,3)17(4,5)16-9-10-6-7-12(15)11(10)8-14/h10-11H,6-9,14H2,1-5H3. The summed E-state index contributed by atoms with van der Waals surface area (Å²) in [4.78, 5) is 11.7. The topological polar surface area (TPSA) is 26.3 Å². The molecule has 2 nitrogen and oxygen atoms in total. The largest absolute Gasteiger partial charge is 0.417 e. The van der Waals surface area contributed by atoms with Gasteiger partial charge in [-0.25, -0.2) is 0 Å². The van der Waals surface area contributed by atoms with Crippen LogP contribution in [0.5, 0.6) is 0 Å². The normalized spacial score (nSPS) is 26.5. The molecule has 0 radical (unpaired) electrons. The average Bonchev–Trinajstić information content (AvgIpc) is 2.54. The first-order valence-electron chi connectivity index (χ1n) is 6.85. The number of ketones is 1. The Balaban J connectivity index is 2.54. The van der Waals surface area contributed by atoms with Crippen molar-refractivity contribution >= 4 is 21.9 Å². The molecule has 0 spiro atoms. The zero-order valence-corrected chi connectivity index (χ0v) is 13.3. The number of hydrogen-bond donors (Lipinski definition) is 0. The van der Waals surface area contributed by atoms with Crippen LogP contribution in [0.25, 0.3) is 0 Å². The van der Waals surface area contributed by atoms with Crippen LogP contribution in [0.4, 0.5) is 0 Å². The predicted octanol–water partition coefficient (Wildman–Crippen LogP) is 2.65. The van der Waals surface area contributed by atoms with Crippen LogP contribution in [0.3, 0.4) is 0 Å². The summed E-state index contributed by atoms with van der Waals surface area (Å²) in [7, 11) is 0.470. The number of hydrogen-bond acceptors (Lipinski definition) is 2. The summed E-state index contributed by atoms with van der Waals surface area (Å²) in [5.41, 5.74) is 0. The lowest BCUT2D eigenvalue weighted by Gasteiger charge is -2.37. The molecule has 17 heavy (non-hydrogen) atoms. The van der Waals surface area contributed by atoms with Gasteiger partial charge in [0, 0.05) is 18.9 Å². The first-order chi connectivity index (χ1) is 7.69. The lowest BCUT2D eigenvalue weighted by molar-refractivity contribution is -0.120. The molecular formula is C13H27BO2Si. The number of carbonyl (C=O) groups excluding carboxylic acids is 1. The van der Waals surface area contributed by atoms with Gasteiger partial charge in [0.05, 0.1) is 0 Å². The van der Waals surface area contributed by atoms with Crippen molar-refractivity contribution in [3.05, 3.63) is 0 Å². The Morgan fingerprint density at radius 2 is 2.00 bits per heavy atom. The minimum Gasteiger partial charge on any atom is -0.417 e. The van der Waals surface area contributed by atoms with E-state index in [2.05, 4.69) is 41.7 Å². The predicted molar refractivity (Wildman–Crippen MR) is 77.7 cm³/mol. The zero-order valence-electron chi connectivity index (χ0n) is 12.3. The van der Waals surface area contributed by atoms with Gasteiger partial charge in [-0.2, -0.15) is 0 Å². The van der Waals surface area contributed by atoms with Crippen molar-refractivity contribution in [2.75, 3.05) is 6.61 Å². The van der Waals surface area contributed by atoms with Crippen molar-refractivity contribution in [1.29, 1.82) is 0 Å². The SMILES string of the molecule is BCC1C(=O)CCC1CO[Si](C)(C)C(C)(C)C. The van der Waals surface area contributed by atoms with Crippen molar-refractivity contribution in [3.63, 3.8) is 0 Å². The highest BCUT2D eigenvalue weighted by molar-refractivity contribution is 6.74. The van der Waals surface area contributed by atoms with Crippen molar-refractivity contribution < 1.29 is 9.22 Å². The highest BCUT2D eigenvalue weighted by Gasteiger charge is 2.40. The summed E-state index contributed by atoms with van der Waals surface area (Å²) < 4.78 is 6.24. The van der Waals surface area contributed by atoms with E-state index in [1.807, 2.05) is 0 Å². The number of rotatable bonds is 4. The molecule has 2 atom stereocenters. The molecule has 0 amide bonds. The van der Waals surface area contributed by atoms with Gasteiger partial charge in [-0.3, -0.25) is 4.79 Å². The Morgan fingerprint density at radius 1 is 1.41 bits per heavy atom. The van der Waals surface area contributed by atoms with E-state index >= 15 is 0 Å². The van der Waals surface area contributed by atoms with Gasteiger partial charge in [-0.1, -0.05) is 27.1 Å². The molecule has 1 aliphatic carbocycles. The maximum Gasteiger partial charge on any atom is 0.191 e. The second-order valence-electron chi connectivity index (χ2n) is 6.85. The molecule has 1 fully saturated rings. The fourth-order valence-electron chi connectivity index (χ4n) is 2.27. The molecule has 0 aliphatic heterocycles. The Labute approximate surface area is 108 Å². The molecule has 0 aromatic carbocycles. The number of Topliss-reactive ketones (excluding diaryl/α,β-unsaturated/α-hetero) is 1. The molecule has 2 unspecified atom stereocenters. The van der Waals surface area contributed by atoms with Gasteiger partial charge in [-0.05, 0) is 30.5 Å². The third-order valence-corrected chi connectivity index (χ3v) is 9.15. The van der Waals surface area contributed by atoms with Gasteiger partial charge < -0.3 is 4.43 Å². The minimum absolute atomic E-state index is 0.261. The summed E-state index contributed by atoms with van der Waals surface area (Å²) in [5, 5.41) is 0.261. The van der Waals surface area contributed by atoms with E-state index in [1.54, 1.807) is 0 Å². The second kappa shape index (κ2) is 5.27. The smallest absolute Gasteiger partial charge is 0.191 e. The summed E-state index contributed by atoms with van der Waals surface area (Å²) in [6.45, 7) is 12.1. The fourth-order valence-corrected chi connectivity index (χ4v) is 3.33. The summed E-state index contributed by atoms with van der Waals surface area (Å²) in [6.07, 6.45) is 2.78. The molecule has 1 rings (SSSR count). The van der Waals surface area contributed by atoms with Gasteiger partial charge in [0.15, 0.2) is 8.32 Å². The quantitative estimate of drug-likeness (QED) is 0.721. The Hall–Kier alpha value is -0.0882. The highest BCUT2D eigenvalue weighted by Crippen LogP contribution is 2.38. The van der Waals surface area contributed by atoms with E-state index in [4.69, 9.17) is 4.43 Å². The summed E-state index contributed by atoms with van der Waals surface area (Å²) in [5.74, 6) is 1.19. The monoisotopic (exact) mass is 254 g/mol. The van der Waals surface area contributed by atoms with Gasteiger partial charge in [0.25, 0.3) is 0 Å². The van der Waals surface area contributed by atoms with Gasteiger partial charge in [0.2, 0.25) is 0 Å². The van der Waals surface area contributed by atoms with E-state index in [9.17, 15) is 4.79 Å². The average molecular weight is 254 g/mol. The Morgan fingerprint density at radius 3 is 2.47 bits per heavy atom. The van der Waals surface area contributed by atoms with Crippen molar-refractivity contribution in [2.45, 2.75) is 58.1 Å². The molecule has 0 N–H and O–H groups in total. The van der Waals surface area contributed by atoms with E-state index in [0.717, 1.165) is 25.8 Å². The van der Waals surface area contributed by atoms with Gasteiger partial charge >= 0.3 is 0 Å². The highest BCUT2D eigenvalue weighted by atomic mass is 28.4. The van der Waals surface area contributed by atoms with Crippen LogP contribution in [-0.4, -0.2) is 28.6 Å². The van der Waals surface area contributed by atoms with Gasteiger partial charge in [-0.15, -0.1) is 0 Å². The maximum absolute atomic E-state index is 11.7. The number of carbonyl (C=O) groups is 1. The van der Waals surface area contributed by atoms with E-state index in [-0.39, 0.29) is 11.0 Å². The van der Waals surface area contributed by atoms with E-state index in [1.165, 1.54) is 0 Å². The van der Waals surface area contributed by atoms with E-state index < -0.39 is 8.32 Å². The summed E-state index contributed by atoms with van der Waals surface area (Å²) in [6, 6.07) is 0. The molecule has 0 saturated heterocycles. The van der Waals surface area contributed by atoms with Crippen LogP contribution in [0, 0.1) is 11.8 Å². The van der Waals surface area contributed by atoms with Crippen LogP contribution < -0.4 is 0 Å². The van der Waals surface area contributed by atoms with Gasteiger partial charge in [0.1, 0.15) is 13.6 Å². The van der Waals surface area contributed by atoms with Crippen LogP contribution in [0.2, 0.25) is 24.5 Å². The summed E-state index contributed by atoms with van der Waals surface area (Å²) >= 11 is 0. The van der Waals surface area contributed by atoms with Crippen LogP contribution >= 0.6 is 0 Å². The third kappa shape index (κ3) is 3.44. The van der Waals surface area contributed by atoms with Crippen molar-refractivity contribution in [2.24, 2.45) is 11.8 Å². The molecule has 4 heteroatoms. The van der Waals surface area contributed by atoms with Crippen molar-refractivity contribution in [3.8, 4) is 0 Å². The molecule has 1 aliphatic rings. The lowest BCUT2D eigenvalue weighted by Crippen LogP contribution is -2.42. The zero-order chi connectivity index (χ0) is 13.3. The lowest BCUT2D eigenvalue weighted by atomic mass is 9.84.